The monoisotopic (exact) mass is 202 g/mol. The molecule has 2 N–H and O–H groups in total. The molecule has 2 rings (SSSR count). The van der Waals surface area contributed by atoms with Gasteiger partial charge in [-0.05, 0) is 0 Å². The summed E-state index contributed by atoms with van der Waals surface area (Å²) in [6.07, 6.45) is -2.06. The highest BCUT2D eigenvalue weighted by atomic mass is 19.1. The molecule has 0 radical (unpaired) electrons. The number of fused-ring (bicyclic) bond motifs is 1. The van der Waals surface area contributed by atoms with E-state index >= 15 is 0 Å². The van der Waals surface area contributed by atoms with Crippen LogP contribution in [0.4, 0.5) is 4.39 Å². The lowest BCUT2D eigenvalue weighted by Gasteiger charge is -2.19. The standard InChI is InChI=1S/C8H11FN2O3/c9-4-2-11(6(13)1-10)7-5(12)3-14-8(4)7/h4,7-8H,1-3,10H2/t4-,7+,8+/m0/s1. The van der Waals surface area contributed by atoms with Crippen LogP contribution in [0.1, 0.15) is 0 Å². The normalized spacial score (nSPS) is 36.3. The van der Waals surface area contributed by atoms with E-state index in [1.54, 1.807) is 0 Å². The number of ketones is 1. The van der Waals surface area contributed by atoms with Gasteiger partial charge in [-0.15, -0.1) is 0 Å². The topological polar surface area (TPSA) is 72.6 Å². The summed E-state index contributed by atoms with van der Waals surface area (Å²) in [6, 6.07) is -0.749. The van der Waals surface area contributed by atoms with Gasteiger partial charge in [-0.3, -0.25) is 9.59 Å². The fourth-order valence-electron chi connectivity index (χ4n) is 1.97. The lowest BCUT2D eigenvalue weighted by molar-refractivity contribution is -0.135. The molecule has 2 fully saturated rings. The minimum Gasteiger partial charge on any atom is -0.365 e. The Labute approximate surface area is 80.0 Å². The van der Waals surface area contributed by atoms with Crippen LogP contribution in [0.2, 0.25) is 0 Å². The Kier molecular flexibility index (Phi) is 2.24. The number of carbonyl (C=O) groups is 2. The Balaban J connectivity index is 2.20. The number of alkyl halides is 1. The van der Waals surface area contributed by atoms with Crippen LogP contribution in [-0.2, 0) is 14.3 Å². The number of hydrogen-bond acceptors (Lipinski definition) is 4. The molecule has 2 heterocycles. The predicted molar refractivity (Wildman–Crippen MR) is 44.2 cm³/mol. The van der Waals surface area contributed by atoms with Gasteiger partial charge in [-0.1, -0.05) is 0 Å². The van der Waals surface area contributed by atoms with Gasteiger partial charge in [0.1, 0.15) is 24.9 Å². The second kappa shape index (κ2) is 3.29. The Morgan fingerprint density at radius 3 is 3.07 bits per heavy atom. The van der Waals surface area contributed by atoms with Crippen molar-refractivity contribution in [1.29, 1.82) is 0 Å². The molecule has 0 aromatic carbocycles. The Morgan fingerprint density at radius 2 is 2.43 bits per heavy atom. The number of Topliss-reactive ketones (excluding diaryl/α,β-unsaturated/α-hetero) is 1. The van der Waals surface area contributed by atoms with Crippen LogP contribution in [0.25, 0.3) is 0 Å². The SMILES string of the molecule is NCC(=O)N1C[C@H](F)[C@H]2OCC(=O)[C@H]21. The molecule has 14 heavy (non-hydrogen) atoms. The zero-order valence-corrected chi connectivity index (χ0v) is 7.48. The van der Waals surface area contributed by atoms with Crippen molar-refractivity contribution in [2.24, 2.45) is 5.73 Å². The maximum atomic E-state index is 13.3. The number of nitrogens with two attached hydrogens (primary N) is 1. The Hall–Kier alpha value is -1.01. The zero-order valence-electron chi connectivity index (χ0n) is 7.48. The average Bonchev–Trinajstić information content (AvgIpc) is 2.69. The predicted octanol–water partition coefficient (Wildman–Crippen LogP) is -1.54. The summed E-state index contributed by atoms with van der Waals surface area (Å²) < 4.78 is 18.3. The summed E-state index contributed by atoms with van der Waals surface area (Å²) in [4.78, 5) is 23.8. The molecule has 3 atom stereocenters. The second-order valence-corrected chi connectivity index (χ2v) is 3.45. The number of amides is 1. The van der Waals surface area contributed by atoms with Crippen LogP contribution in [0.15, 0.2) is 0 Å². The fraction of sp³-hybridized carbons (Fsp3) is 0.750. The Bertz CT molecular complexity index is 284. The van der Waals surface area contributed by atoms with E-state index in [0.29, 0.717) is 0 Å². The summed E-state index contributed by atoms with van der Waals surface area (Å²) in [6.45, 7) is -0.398. The van der Waals surface area contributed by atoms with E-state index in [9.17, 15) is 14.0 Å². The number of halogens is 1. The zero-order chi connectivity index (χ0) is 10.3. The number of ether oxygens (including phenoxy) is 1. The van der Waals surface area contributed by atoms with Crippen LogP contribution < -0.4 is 5.73 Å². The maximum Gasteiger partial charge on any atom is 0.237 e. The molecule has 0 unspecified atom stereocenters. The van der Waals surface area contributed by atoms with Crippen LogP contribution in [0, 0.1) is 0 Å². The number of hydrogen-bond donors (Lipinski definition) is 1. The van der Waals surface area contributed by atoms with E-state index in [4.69, 9.17) is 10.5 Å². The molecular formula is C8H11FN2O3. The first-order valence-corrected chi connectivity index (χ1v) is 4.43. The smallest absolute Gasteiger partial charge is 0.237 e. The Morgan fingerprint density at radius 1 is 1.71 bits per heavy atom. The molecule has 0 aliphatic carbocycles. The van der Waals surface area contributed by atoms with Crippen molar-refractivity contribution in [2.45, 2.75) is 18.3 Å². The number of nitrogens with zero attached hydrogens (tertiary/aromatic N) is 1. The minimum atomic E-state index is -1.28. The molecule has 5 nitrogen and oxygen atoms in total. The summed E-state index contributed by atoms with van der Waals surface area (Å²) >= 11 is 0. The highest BCUT2D eigenvalue weighted by molar-refractivity contribution is 5.93. The van der Waals surface area contributed by atoms with Crippen molar-refractivity contribution in [3.8, 4) is 0 Å². The van der Waals surface area contributed by atoms with Crippen LogP contribution in [-0.4, -0.2) is 54.6 Å². The quantitative estimate of drug-likeness (QED) is 0.559. The molecule has 2 saturated heterocycles. The fourth-order valence-corrected chi connectivity index (χ4v) is 1.97. The number of rotatable bonds is 1. The molecule has 2 aliphatic heterocycles. The van der Waals surface area contributed by atoms with Crippen LogP contribution in [0.3, 0.4) is 0 Å². The molecule has 0 bridgehead atoms. The van der Waals surface area contributed by atoms with Gasteiger partial charge in [0.2, 0.25) is 5.91 Å². The van der Waals surface area contributed by atoms with E-state index in [1.807, 2.05) is 0 Å². The highest BCUT2D eigenvalue weighted by Gasteiger charge is 2.52. The summed E-state index contributed by atoms with van der Waals surface area (Å²) in [5.74, 6) is -0.643. The van der Waals surface area contributed by atoms with Crippen molar-refractivity contribution in [3.05, 3.63) is 0 Å². The van der Waals surface area contributed by atoms with Gasteiger partial charge in [-0.2, -0.15) is 0 Å². The number of likely N-dealkylation sites (tertiary alicyclic amines) is 1. The molecule has 0 spiro atoms. The van der Waals surface area contributed by atoms with Crippen molar-refractivity contribution >= 4 is 11.7 Å². The molecule has 0 saturated carbocycles. The molecule has 6 heteroatoms. The third kappa shape index (κ3) is 1.22. The summed E-state index contributed by atoms with van der Waals surface area (Å²) in [7, 11) is 0. The van der Waals surface area contributed by atoms with Gasteiger partial charge in [0.15, 0.2) is 5.78 Å². The first kappa shape index (κ1) is 9.54. The van der Waals surface area contributed by atoms with Crippen molar-refractivity contribution in [2.75, 3.05) is 19.7 Å². The minimum absolute atomic E-state index is 0.0862. The van der Waals surface area contributed by atoms with Gasteiger partial charge in [0, 0.05) is 0 Å². The maximum absolute atomic E-state index is 13.3. The van der Waals surface area contributed by atoms with Crippen molar-refractivity contribution in [1.82, 2.24) is 4.90 Å². The van der Waals surface area contributed by atoms with E-state index < -0.39 is 24.2 Å². The van der Waals surface area contributed by atoms with Gasteiger partial charge < -0.3 is 15.4 Å². The average molecular weight is 202 g/mol. The number of carbonyl (C=O) groups excluding carboxylic acids is 2. The van der Waals surface area contributed by atoms with Gasteiger partial charge in [0.05, 0.1) is 13.1 Å². The highest BCUT2D eigenvalue weighted by Crippen LogP contribution is 2.29. The lowest BCUT2D eigenvalue weighted by Crippen LogP contribution is -2.44. The molecule has 1 amide bonds. The third-order valence-electron chi connectivity index (χ3n) is 2.62. The molecule has 0 aromatic heterocycles. The van der Waals surface area contributed by atoms with Crippen LogP contribution in [0.5, 0.6) is 0 Å². The summed E-state index contributed by atoms with van der Waals surface area (Å²) in [5.41, 5.74) is 5.16. The van der Waals surface area contributed by atoms with E-state index in [-0.39, 0.29) is 25.5 Å². The van der Waals surface area contributed by atoms with Crippen molar-refractivity contribution in [3.63, 3.8) is 0 Å². The third-order valence-corrected chi connectivity index (χ3v) is 2.62. The molecule has 0 aromatic rings. The van der Waals surface area contributed by atoms with E-state index in [1.165, 1.54) is 4.90 Å². The molecule has 78 valence electrons. The first-order chi connectivity index (χ1) is 6.65. The van der Waals surface area contributed by atoms with Gasteiger partial charge in [0.25, 0.3) is 0 Å². The largest absolute Gasteiger partial charge is 0.365 e. The summed E-state index contributed by atoms with van der Waals surface area (Å²) in [5, 5.41) is 0. The van der Waals surface area contributed by atoms with Gasteiger partial charge >= 0.3 is 0 Å². The lowest BCUT2D eigenvalue weighted by atomic mass is 10.1. The molecule has 2 aliphatic rings. The first-order valence-electron chi connectivity index (χ1n) is 4.43. The molecular weight excluding hydrogens is 191 g/mol. The van der Waals surface area contributed by atoms with E-state index in [2.05, 4.69) is 0 Å². The van der Waals surface area contributed by atoms with E-state index in [0.717, 1.165) is 0 Å². The van der Waals surface area contributed by atoms with Gasteiger partial charge in [-0.25, -0.2) is 4.39 Å². The van der Waals surface area contributed by atoms with Crippen molar-refractivity contribution < 1.29 is 18.7 Å². The second-order valence-electron chi connectivity index (χ2n) is 3.45. The van der Waals surface area contributed by atoms with Crippen LogP contribution >= 0.6 is 0 Å².